The zero-order valence-electron chi connectivity index (χ0n) is 12.0. The van der Waals surface area contributed by atoms with Gasteiger partial charge in [0.05, 0.1) is 18.2 Å². The average Bonchev–Trinajstić information content (AvgIpc) is 3.13. The summed E-state index contributed by atoms with van der Waals surface area (Å²) in [5.74, 6) is 0.941. The smallest absolute Gasteiger partial charge is 0.238 e. The van der Waals surface area contributed by atoms with Crippen LogP contribution in [-0.2, 0) is 11.2 Å². The van der Waals surface area contributed by atoms with E-state index < -0.39 is 0 Å². The second-order valence-corrected chi connectivity index (χ2v) is 7.49. The van der Waals surface area contributed by atoms with Crippen molar-refractivity contribution in [1.82, 2.24) is 0 Å². The Morgan fingerprint density at radius 3 is 2.73 bits per heavy atom. The summed E-state index contributed by atoms with van der Waals surface area (Å²) >= 11 is 9.17. The minimum Gasteiger partial charge on any atom is -0.274 e. The van der Waals surface area contributed by atoms with Crippen LogP contribution in [-0.4, -0.2) is 22.9 Å². The predicted octanol–water partition coefficient (Wildman–Crippen LogP) is 4.47. The van der Waals surface area contributed by atoms with Gasteiger partial charge in [-0.15, -0.1) is 11.3 Å². The maximum Gasteiger partial charge on any atom is 0.238 e. The van der Waals surface area contributed by atoms with Gasteiger partial charge < -0.3 is 0 Å². The summed E-state index contributed by atoms with van der Waals surface area (Å²) in [5, 5.41) is 3.42. The molecule has 0 fully saturated rings. The SMILES string of the molecule is C[C@H]1CSC(N(C(=O)Cc2cccs2)c2ccc(Cl)cc2)=N1. The van der Waals surface area contributed by atoms with Crippen LogP contribution in [0.4, 0.5) is 5.69 Å². The van der Waals surface area contributed by atoms with E-state index in [1.807, 2.05) is 29.6 Å². The molecule has 1 aliphatic rings. The van der Waals surface area contributed by atoms with Crippen molar-refractivity contribution in [3.05, 3.63) is 51.7 Å². The molecule has 0 spiro atoms. The van der Waals surface area contributed by atoms with E-state index >= 15 is 0 Å². The molecule has 0 unspecified atom stereocenters. The summed E-state index contributed by atoms with van der Waals surface area (Å²) in [6, 6.07) is 11.5. The molecule has 1 aromatic heterocycles. The Balaban J connectivity index is 1.90. The summed E-state index contributed by atoms with van der Waals surface area (Å²) in [6.07, 6.45) is 0.383. The molecule has 0 saturated carbocycles. The molecule has 2 heterocycles. The lowest BCUT2D eigenvalue weighted by Crippen LogP contribution is -2.35. The van der Waals surface area contributed by atoms with Gasteiger partial charge in [0, 0.05) is 15.7 Å². The fourth-order valence-electron chi connectivity index (χ4n) is 2.17. The van der Waals surface area contributed by atoms with Gasteiger partial charge in [0.15, 0.2) is 5.17 Å². The Hall–Kier alpha value is -1.30. The summed E-state index contributed by atoms with van der Waals surface area (Å²) < 4.78 is 0. The van der Waals surface area contributed by atoms with Gasteiger partial charge in [-0.3, -0.25) is 14.7 Å². The summed E-state index contributed by atoms with van der Waals surface area (Å²) in [6.45, 7) is 2.06. The van der Waals surface area contributed by atoms with E-state index in [9.17, 15) is 4.79 Å². The number of benzene rings is 1. The van der Waals surface area contributed by atoms with E-state index in [0.29, 0.717) is 11.4 Å². The second kappa shape index (κ2) is 6.86. The van der Waals surface area contributed by atoms with Gasteiger partial charge in [0.1, 0.15) is 0 Å². The number of carbonyl (C=O) groups is 1. The van der Waals surface area contributed by atoms with E-state index in [1.165, 1.54) is 0 Å². The number of amides is 1. The lowest BCUT2D eigenvalue weighted by molar-refractivity contribution is -0.117. The third-order valence-corrected chi connectivity index (χ3v) is 5.54. The van der Waals surface area contributed by atoms with Crippen molar-refractivity contribution in [2.24, 2.45) is 4.99 Å². The zero-order chi connectivity index (χ0) is 15.5. The van der Waals surface area contributed by atoms with Gasteiger partial charge in [0.2, 0.25) is 5.91 Å². The van der Waals surface area contributed by atoms with Crippen molar-refractivity contribution >= 4 is 51.5 Å². The number of nitrogens with zero attached hydrogens (tertiary/aromatic N) is 2. The molecule has 114 valence electrons. The van der Waals surface area contributed by atoms with E-state index in [4.69, 9.17) is 11.6 Å². The summed E-state index contributed by atoms with van der Waals surface area (Å²) in [5.41, 5.74) is 0.811. The average molecular weight is 351 g/mol. The molecule has 6 heteroatoms. The first-order valence-corrected chi connectivity index (χ1v) is 9.19. The van der Waals surface area contributed by atoms with E-state index in [1.54, 1.807) is 40.1 Å². The lowest BCUT2D eigenvalue weighted by Gasteiger charge is -2.22. The molecule has 0 aliphatic carbocycles. The van der Waals surface area contributed by atoms with E-state index in [2.05, 4.69) is 11.9 Å². The first-order valence-electron chi connectivity index (χ1n) is 6.95. The highest BCUT2D eigenvalue weighted by Crippen LogP contribution is 2.27. The Bertz CT molecular complexity index is 683. The molecule has 1 aromatic carbocycles. The number of carbonyl (C=O) groups excluding carboxylic acids is 1. The lowest BCUT2D eigenvalue weighted by atomic mass is 10.2. The highest BCUT2D eigenvalue weighted by molar-refractivity contribution is 8.14. The first-order chi connectivity index (χ1) is 10.6. The second-order valence-electron chi connectivity index (χ2n) is 5.03. The van der Waals surface area contributed by atoms with Crippen molar-refractivity contribution in [1.29, 1.82) is 0 Å². The topological polar surface area (TPSA) is 32.7 Å². The van der Waals surface area contributed by atoms with Crippen LogP contribution in [0, 0.1) is 0 Å². The number of hydrogen-bond donors (Lipinski definition) is 0. The highest BCUT2D eigenvalue weighted by Gasteiger charge is 2.26. The number of hydrogen-bond acceptors (Lipinski definition) is 4. The predicted molar refractivity (Wildman–Crippen MR) is 96.3 cm³/mol. The fraction of sp³-hybridized carbons (Fsp3) is 0.250. The van der Waals surface area contributed by atoms with Crippen LogP contribution in [0.2, 0.25) is 5.02 Å². The number of amidine groups is 1. The van der Waals surface area contributed by atoms with Crippen molar-refractivity contribution in [3.8, 4) is 0 Å². The van der Waals surface area contributed by atoms with Crippen LogP contribution < -0.4 is 4.90 Å². The molecule has 1 amide bonds. The minimum absolute atomic E-state index is 0.0325. The molecule has 0 saturated heterocycles. The fourth-order valence-corrected chi connectivity index (χ4v) is 4.05. The largest absolute Gasteiger partial charge is 0.274 e. The number of thiophene rings is 1. The maximum absolute atomic E-state index is 12.8. The molecule has 0 radical (unpaired) electrons. The van der Waals surface area contributed by atoms with Crippen LogP contribution in [0.5, 0.6) is 0 Å². The molecule has 0 bridgehead atoms. The Morgan fingerprint density at radius 1 is 1.36 bits per heavy atom. The number of thioether (sulfide) groups is 1. The molecule has 3 rings (SSSR count). The van der Waals surface area contributed by atoms with Gasteiger partial charge >= 0.3 is 0 Å². The number of anilines is 1. The van der Waals surface area contributed by atoms with Gasteiger partial charge in [-0.25, -0.2) is 0 Å². The molecule has 22 heavy (non-hydrogen) atoms. The molecule has 0 N–H and O–H groups in total. The van der Waals surface area contributed by atoms with Crippen LogP contribution >= 0.6 is 34.7 Å². The summed E-state index contributed by atoms with van der Waals surface area (Å²) in [4.78, 5) is 20.2. The number of halogens is 1. The van der Waals surface area contributed by atoms with Gasteiger partial charge in [-0.2, -0.15) is 0 Å². The van der Waals surface area contributed by atoms with Crippen LogP contribution in [0.1, 0.15) is 11.8 Å². The Morgan fingerprint density at radius 2 is 2.14 bits per heavy atom. The standard InChI is InChI=1S/C16H15ClN2OS2/c1-11-10-22-16(18-11)19(13-6-4-12(17)5-7-13)15(20)9-14-3-2-8-21-14/h2-8,11H,9-10H2,1H3/t11-/m0/s1. The van der Waals surface area contributed by atoms with Crippen molar-refractivity contribution in [2.45, 2.75) is 19.4 Å². The van der Waals surface area contributed by atoms with Gasteiger partial charge in [-0.1, -0.05) is 29.4 Å². The van der Waals surface area contributed by atoms with E-state index in [0.717, 1.165) is 21.5 Å². The molecule has 3 nitrogen and oxygen atoms in total. The number of rotatable bonds is 3. The molecule has 1 atom stereocenters. The van der Waals surface area contributed by atoms with Crippen molar-refractivity contribution in [3.63, 3.8) is 0 Å². The normalized spacial score (nSPS) is 17.4. The van der Waals surface area contributed by atoms with Crippen LogP contribution in [0.15, 0.2) is 46.8 Å². The van der Waals surface area contributed by atoms with Crippen LogP contribution in [0.3, 0.4) is 0 Å². The monoisotopic (exact) mass is 350 g/mol. The van der Waals surface area contributed by atoms with Gasteiger partial charge in [0.25, 0.3) is 0 Å². The van der Waals surface area contributed by atoms with Crippen molar-refractivity contribution < 1.29 is 4.79 Å². The number of aliphatic imine (C=N–C) groups is 1. The van der Waals surface area contributed by atoms with Crippen molar-refractivity contribution in [2.75, 3.05) is 10.7 Å². The Labute approximate surface area is 143 Å². The molecule has 2 aromatic rings. The highest BCUT2D eigenvalue weighted by atomic mass is 35.5. The minimum atomic E-state index is 0.0325. The first kappa shape index (κ1) is 15.6. The third-order valence-electron chi connectivity index (χ3n) is 3.22. The Kier molecular flexibility index (Phi) is 4.86. The zero-order valence-corrected chi connectivity index (χ0v) is 14.4. The molecular formula is C16H15ClN2OS2. The van der Waals surface area contributed by atoms with E-state index in [-0.39, 0.29) is 11.9 Å². The maximum atomic E-state index is 12.8. The van der Waals surface area contributed by atoms with Crippen LogP contribution in [0.25, 0.3) is 0 Å². The third kappa shape index (κ3) is 3.54. The summed E-state index contributed by atoms with van der Waals surface area (Å²) in [7, 11) is 0. The molecule has 1 aliphatic heterocycles. The quantitative estimate of drug-likeness (QED) is 0.818. The molecular weight excluding hydrogens is 336 g/mol. The van der Waals surface area contributed by atoms with Gasteiger partial charge in [-0.05, 0) is 42.6 Å².